The third-order valence-electron chi connectivity index (χ3n) is 7.68. The fourth-order valence-electron chi connectivity index (χ4n) is 6.07. The molecule has 14 heteroatoms. The van der Waals surface area contributed by atoms with Crippen LogP contribution in [0, 0.1) is 17.3 Å². The number of hydrogen-bond donors (Lipinski definition) is 1. The number of fused-ring (bicyclic) bond motifs is 2. The second-order valence-electron chi connectivity index (χ2n) is 10.6. The van der Waals surface area contributed by atoms with Crippen LogP contribution in [0.3, 0.4) is 0 Å². The molecule has 0 aliphatic heterocycles. The molecule has 6 radical (unpaired) electrons. The fourth-order valence-corrected chi connectivity index (χ4v) is 6.70. The van der Waals surface area contributed by atoms with Crippen molar-refractivity contribution in [1.29, 1.82) is 0 Å². The van der Waals surface area contributed by atoms with Gasteiger partial charge >= 0.3 is 18.1 Å². The van der Waals surface area contributed by atoms with Gasteiger partial charge in [0, 0.05) is 0 Å². The predicted molar refractivity (Wildman–Crippen MR) is 139 cm³/mol. The number of carbonyl (C=O) groups excluding carboxylic acids is 2. The Morgan fingerprint density at radius 3 is 2.18 bits per heavy atom. The number of carbonyl (C=O) groups is 2. The molecule has 0 heterocycles. The Morgan fingerprint density at radius 1 is 1.05 bits per heavy atom. The zero-order chi connectivity index (χ0) is 29.0. The minimum Gasteiger partial charge on any atom is -0.460 e. The molecule has 1 N–H and O–H groups in total. The molecule has 7 nitrogen and oxygen atoms in total. The maximum Gasteiger partial charge on any atom is 0.426 e. The van der Waals surface area contributed by atoms with Gasteiger partial charge in [0.15, 0.2) is 0 Å². The van der Waals surface area contributed by atoms with Gasteiger partial charge in [-0.2, -0.15) is 21.6 Å². The molecule has 2 saturated carbocycles. The Balaban J connectivity index is 1.86. The van der Waals surface area contributed by atoms with Gasteiger partial charge in [0.1, 0.15) is 12.4 Å². The molecule has 0 spiro atoms. The summed E-state index contributed by atoms with van der Waals surface area (Å²) in [6.45, 7) is -0.202. The maximum absolute atomic E-state index is 13.6. The Morgan fingerprint density at radius 2 is 1.67 bits per heavy atom. The fraction of sp³-hybridized carbons (Fsp3) is 0.680. The average Bonchev–Trinajstić information content (AvgIpc) is 2.84. The quantitative estimate of drug-likeness (QED) is 0.250. The molecule has 2 aliphatic carbocycles. The van der Waals surface area contributed by atoms with Crippen molar-refractivity contribution in [3.05, 3.63) is 34.4 Å². The second-order valence-corrected chi connectivity index (χ2v) is 12.1. The first-order chi connectivity index (χ1) is 18.2. The Hall–Kier alpha value is -1.95. The van der Waals surface area contributed by atoms with Crippen molar-refractivity contribution in [2.45, 2.75) is 82.8 Å². The molecule has 1 aromatic carbocycles. The predicted octanol–water partition coefficient (Wildman–Crippen LogP) is 3.07. The van der Waals surface area contributed by atoms with Crippen molar-refractivity contribution < 1.29 is 45.2 Å². The van der Waals surface area contributed by atoms with Crippen molar-refractivity contribution in [1.82, 2.24) is 0 Å². The molecule has 208 valence electrons. The van der Waals surface area contributed by atoms with Crippen LogP contribution in [0.2, 0.25) is 0 Å². The summed E-state index contributed by atoms with van der Waals surface area (Å²) in [4.78, 5) is 26.4. The zero-order valence-corrected chi connectivity index (χ0v) is 22.4. The van der Waals surface area contributed by atoms with Gasteiger partial charge < -0.3 is 9.47 Å². The average molecular weight is 564 g/mol. The lowest BCUT2D eigenvalue weighted by Gasteiger charge is -2.45. The lowest BCUT2D eigenvalue weighted by atomic mass is 9.59. The monoisotopic (exact) mass is 564 g/mol. The molecule has 1 aromatic rings. The number of benzene rings is 1. The van der Waals surface area contributed by atoms with Crippen LogP contribution in [0.15, 0.2) is 12.1 Å². The molecular weight excluding hydrogens is 534 g/mol. The van der Waals surface area contributed by atoms with Crippen molar-refractivity contribution in [2.75, 3.05) is 5.75 Å². The molecule has 0 saturated heterocycles. The number of halogens is 3. The van der Waals surface area contributed by atoms with Crippen molar-refractivity contribution in [3.63, 3.8) is 0 Å². The van der Waals surface area contributed by atoms with E-state index in [-0.39, 0.29) is 50.2 Å². The van der Waals surface area contributed by atoms with Gasteiger partial charge in [-0.3, -0.25) is 14.1 Å². The summed E-state index contributed by atoms with van der Waals surface area (Å²) in [5.41, 5.74) is 1.34. The molecule has 3 unspecified atom stereocenters. The number of alkyl halides is 3. The molecule has 3 rings (SSSR count). The maximum atomic E-state index is 13.6. The summed E-state index contributed by atoms with van der Waals surface area (Å²) in [7, 11) is 12.4. The smallest absolute Gasteiger partial charge is 0.426 e. The van der Waals surface area contributed by atoms with E-state index >= 15 is 0 Å². The van der Waals surface area contributed by atoms with Gasteiger partial charge in [-0.15, -0.1) is 0 Å². The molecule has 2 fully saturated rings. The second kappa shape index (κ2) is 12.7. The SMILES string of the molecule is [B]Cc1cc(C[B])c(C[B])c(COC(=O)C2(CC(=O)OC(CS(=O)(=O)O)C(F)(F)F)CC3CCCC(C3)C2)c1. The summed E-state index contributed by atoms with van der Waals surface area (Å²) in [6, 6.07) is 3.56. The molecule has 0 aromatic heterocycles. The van der Waals surface area contributed by atoms with E-state index in [1.54, 1.807) is 6.07 Å². The van der Waals surface area contributed by atoms with E-state index in [1.165, 1.54) is 0 Å². The molecule has 2 aliphatic rings. The summed E-state index contributed by atoms with van der Waals surface area (Å²) < 4.78 is 81.4. The van der Waals surface area contributed by atoms with E-state index < -0.39 is 51.9 Å². The Bertz CT molecular complexity index is 1150. The van der Waals surface area contributed by atoms with Crippen molar-refractivity contribution in [2.24, 2.45) is 17.3 Å². The van der Waals surface area contributed by atoms with E-state index in [9.17, 15) is 31.2 Å². The number of hydrogen-bond acceptors (Lipinski definition) is 6. The largest absolute Gasteiger partial charge is 0.460 e. The highest BCUT2D eigenvalue weighted by atomic mass is 32.2. The van der Waals surface area contributed by atoms with Crippen LogP contribution in [0.25, 0.3) is 0 Å². The summed E-state index contributed by atoms with van der Waals surface area (Å²) in [6.07, 6.45) is -4.64. The molecule has 3 atom stereocenters. The topological polar surface area (TPSA) is 107 Å². The Kier molecular flexibility index (Phi) is 10.3. The van der Waals surface area contributed by atoms with Gasteiger partial charge in [0.2, 0.25) is 6.10 Å². The van der Waals surface area contributed by atoms with E-state index in [4.69, 9.17) is 32.8 Å². The summed E-state index contributed by atoms with van der Waals surface area (Å²) >= 11 is 0. The van der Waals surface area contributed by atoms with Gasteiger partial charge in [-0.1, -0.05) is 61.5 Å². The van der Waals surface area contributed by atoms with Gasteiger partial charge in [0.05, 0.1) is 35.4 Å². The number of ether oxygens (including phenoxy) is 2. The van der Waals surface area contributed by atoms with Crippen LogP contribution in [0.5, 0.6) is 0 Å². The normalized spacial score (nSPS) is 24.1. The highest BCUT2D eigenvalue weighted by Crippen LogP contribution is 2.51. The van der Waals surface area contributed by atoms with Crippen LogP contribution < -0.4 is 0 Å². The minimum atomic E-state index is -5.24. The molecular formula is C25H30B3F3O7S. The van der Waals surface area contributed by atoms with Crippen molar-refractivity contribution in [3.8, 4) is 0 Å². The third-order valence-corrected chi connectivity index (χ3v) is 8.40. The lowest BCUT2D eigenvalue weighted by Crippen LogP contribution is -2.46. The van der Waals surface area contributed by atoms with E-state index in [1.807, 2.05) is 6.07 Å². The summed E-state index contributed by atoms with van der Waals surface area (Å²) in [5, 5.41) is 0. The Labute approximate surface area is 230 Å². The van der Waals surface area contributed by atoms with Gasteiger partial charge in [0.25, 0.3) is 10.1 Å². The first kappa shape index (κ1) is 31.6. The number of rotatable bonds is 11. The zero-order valence-electron chi connectivity index (χ0n) is 21.5. The number of esters is 2. The standard InChI is InChI=1S/C25H30B3F3O7S/c26-10-17-5-18(11-27)20(12-28)19(6-17)13-37-23(33)24(7-15-2-1-3-16(4-15)8-24)9-22(32)38-21(25(29,30)31)14-39(34,35)36/h5-6,15-16,21H,1-4,7-14H2,(H,34,35,36). The minimum absolute atomic E-state index is 0.0816. The summed E-state index contributed by atoms with van der Waals surface area (Å²) in [5.74, 6) is -3.81. The van der Waals surface area contributed by atoms with Crippen LogP contribution in [-0.4, -0.2) is 66.5 Å². The highest BCUT2D eigenvalue weighted by Gasteiger charge is 2.51. The van der Waals surface area contributed by atoms with Crippen LogP contribution in [-0.2, 0) is 54.7 Å². The van der Waals surface area contributed by atoms with Gasteiger partial charge in [-0.25, -0.2) is 0 Å². The van der Waals surface area contributed by atoms with Gasteiger partial charge in [-0.05, 0) is 42.2 Å². The molecule has 39 heavy (non-hydrogen) atoms. The van der Waals surface area contributed by atoms with E-state index in [0.717, 1.165) is 36.8 Å². The first-order valence-electron chi connectivity index (χ1n) is 12.8. The van der Waals surface area contributed by atoms with E-state index in [0.29, 0.717) is 11.1 Å². The molecule has 2 bridgehead atoms. The van der Waals surface area contributed by atoms with Crippen LogP contribution in [0.4, 0.5) is 13.2 Å². The van der Waals surface area contributed by atoms with Crippen LogP contribution in [0.1, 0.15) is 67.2 Å². The third kappa shape index (κ3) is 8.28. The lowest BCUT2D eigenvalue weighted by molar-refractivity contribution is -0.217. The first-order valence-corrected chi connectivity index (χ1v) is 14.4. The van der Waals surface area contributed by atoms with E-state index in [2.05, 4.69) is 4.74 Å². The molecule has 0 amide bonds. The van der Waals surface area contributed by atoms with Crippen LogP contribution >= 0.6 is 0 Å². The van der Waals surface area contributed by atoms with Crippen molar-refractivity contribution >= 4 is 45.6 Å². The highest BCUT2D eigenvalue weighted by molar-refractivity contribution is 7.85.